The van der Waals surface area contributed by atoms with Gasteiger partial charge in [0.1, 0.15) is 5.78 Å². The Kier molecular flexibility index (Phi) is 3.12. The van der Waals surface area contributed by atoms with Crippen molar-refractivity contribution in [2.24, 2.45) is 39.3 Å². The fourth-order valence-electron chi connectivity index (χ4n) is 7.16. The molecule has 23 heavy (non-hydrogen) atoms. The number of nitrogens with zero attached hydrogens (tertiary/aromatic N) is 1. The Balaban J connectivity index is 1.76. The summed E-state index contributed by atoms with van der Waals surface area (Å²) in [5.74, 6) is 2.12. The lowest BCUT2D eigenvalue weighted by Gasteiger charge is -2.63. The molecule has 4 nitrogen and oxygen atoms in total. The van der Waals surface area contributed by atoms with Crippen molar-refractivity contribution in [1.29, 1.82) is 0 Å². The zero-order valence-corrected chi connectivity index (χ0v) is 14.6. The topological polar surface area (TPSA) is 75.7 Å². The quantitative estimate of drug-likeness (QED) is 0.721. The molecule has 3 saturated carbocycles. The average Bonchev–Trinajstić information content (AvgIpc) is 2.74. The molecule has 4 heteroatoms. The molecule has 0 radical (unpaired) electrons. The largest absolute Gasteiger partial charge is 0.393 e. The van der Waals surface area contributed by atoms with Gasteiger partial charge < -0.3 is 10.8 Å². The summed E-state index contributed by atoms with van der Waals surface area (Å²) in [5.41, 5.74) is 5.85. The Bertz CT molecular complexity index is 588. The number of aliphatic hydroxyl groups excluding tert-OH is 1. The minimum Gasteiger partial charge on any atom is -0.393 e. The standard InChI is InChI=1S/C19H30N2O2/c1-17-7-5-12(22)8-11(17)4-6-18(2)14-9-15(20)21-19(14,3)10-13(23)16(17)18/h11-12,14,16,22H,4-10H2,1-3H3,(H2,20,21)/t11-,12-,14+,16-,17+,18+,19+/m1/s1. The van der Waals surface area contributed by atoms with Crippen LogP contribution in [0.25, 0.3) is 0 Å². The van der Waals surface area contributed by atoms with E-state index < -0.39 is 0 Å². The third-order valence-corrected chi connectivity index (χ3v) is 8.07. The maximum absolute atomic E-state index is 13.3. The number of carbonyl (C=O) groups is 1. The Morgan fingerprint density at radius 2 is 1.87 bits per heavy atom. The second-order valence-corrected chi connectivity index (χ2v) is 9.47. The molecule has 0 amide bonds. The van der Waals surface area contributed by atoms with Gasteiger partial charge in [-0.3, -0.25) is 9.79 Å². The van der Waals surface area contributed by atoms with Gasteiger partial charge in [-0.1, -0.05) is 13.8 Å². The van der Waals surface area contributed by atoms with Crippen molar-refractivity contribution < 1.29 is 9.90 Å². The van der Waals surface area contributed by atoms with Crippen LogP contribution in [0.5, 0.6) is 0 Å². The van der Waals surface area contributed by atoms with Crippen LogP contribution in [-0.4, -0.2) is 28.4 Å². The molecule has 0 bridgehead atoms. The second-order valence-electron chi connectivity index (χ2n) is 9.47. The smallest absolute Gasteiger partial charge is 0.139 e. The van der Waals surface area contributed by atoms with Gasteiger partial charge in [-0.05, 0) is 61.7 Å². The summed E-state index contributed by atoms with van der Waals surface area (Å²) in [7, 11) is 0. The van der Waals surface area contributed by atoms with Crippen molar-refractivity contribution >= 4 is 11.6 Å². The highest BCUT2D eigenvalue weighted by Crippen LogP contribution is 2.67. The van der Waals surface area contributed by atoms with Gasteiger partial charge in [-0.25, -0.2) is 0 Å². The molecule has 7 atom stereocenters. The van der Waals surface area contributed by atoms with Crippen molar-refractivity contribution in [2.75, 3.05) is 0 Å². The van der Waals surface area contributed by atoms with E-state index in [1.54, 1.807) is 0 Å². The van der Waals surface area contributed by atoms with E-state index in [4.69, 9.17) is 10.7 Å². The number of hydrogen-bond donors (Lipinski definition) is 2. The molecule has 3 aliphatic carbocycles. The van der Waals surface area contributed by atoms with E-state index in [9.17, 15) is 9.90 Å². The Hall–Kier alpha value is -0.900. The first-order chi connectivity index (χ1) is 10.7. The number of carbonyl (C=O) groups excluding carboxylic acids is 1. The van der Waals surface area contributed by atoms with E-state index in [0.29, 0.717) is 24.0 Å². The van der Waals surface area contributed by atoms with Crippen molar-refractivity contribution in [3.05, 3.63) is 0 Å². The molecule has 4 aliphatic rings. The van der Waals surface area contributed by atoms with Gasteiger partial charge in [0.2, 0.25) is 0 Å². The molecule has 0 aromatic rings. The van der Waals surface area contributed by atoms with Crippen LogP contribution in [0.2, 0.25) is 0 Å². The van der Waals surface area contributed by atoms with Crippen molar-refractivity contribution in [3.8, 4) is 0 Å². The summed E-state index contributed by atoms with van der Waals surface area (Å²) in [4.78, 5) is 18.0. The summed E-state index contributed by atoms with van der Waals surface area (Å²) in [5, 5.41) is 10.1. The van der Waals surface area contributed by atoms with Crippen LogP contribution in [0.3, 0.4) is 0 Å². The van der Waals surface area contributed by atoms with Crippen LogP contribution in [0.1, 0.15) is 65.7 Å². The van der Waals surface area contributed by atoms with Crippen LogP contribution in [0.4, 0.5) is 0 Å². The van der Waals surface area contributed by atoms with Gasteiger partial charge in [0.15, 0.2) is 0 Å². The zero-order valence-electron chi connectivity index (χ0n) is 14.6. The molecular weight excluding hydrogens is 288 g/mol. The molecule has 0 aromatic heterocycles. The van der Waals surface area contributed by atoms with Gasteiger partial charge in [-0.15, -0.1) is 0 Å². The van der Waals surface area contributed by atoms with Gasteiger partial charge in [-0.2, -0.15) is 0 Å². The molecule has 0 saturated heterocycles. The summed E-state index contributed by atoms with van der Waals surface area (Å²) >= 11 is 0. The van der Waals surface area contributed by atoms with Crippen LogP contribution in [-0.2, 0) is 4.79 Å². The van der Waals surface area contributed by atoms with Crippen molar-refractivity contribution in [1.82, 2.24) is 0 Å². The predicted octanol–water partition coefficient (Wildman–Crippen LogP) is 2.68. The molecule has 3 fully saturated rings. The van der Waals surface area contributed by atoms with E-state index in [-0.39, 0.29) is 28.4 Å². The van der Waals surface area contributed by atoms with Gasteiger partial charge in [0.05, 0.1) is 17.5 Å². The number of amidine groups is 1. The molecule has 0 unspecified atom stereocenters. The molecule has 128 valence electrons. The summed E-state index contributed by atoms with van der Waals surface area (Å²) in [6.07, 6.45) is 6.10. The Morgan fingerprint density at radius 3 is 2.61 bits per heavy atom. The van der Waals surface area contributed by atoms with E-state index >= 15 is 0 Å². The van der Waals surface area contributed by atoms with Crippen molar-refractivity contribution in [3.63, 3.8) is 0 Å². The molecule has 1 aliphatic heterocycles. The lowest BCUT2D eigenvalue weighted by molar-refractivity contribution is -0.173. The molecule has 0 aromatic carbocycles. The molecule has 3 N–H and O–H groups in total. The van der Waals surface area contributed by atoms with Crippen LogP contribution < -0.4 is 5.73 Å². The number of rotatable bonds is 0. The fourth-order valence-corrected chi connectivity index (χ4v) is 7.16. The SMILES string of the molecule is C[C@]12CC[C@@H](O)C[C@H]1CC[C@]1(C)[C@@H]2C(=O)C[C@]2(C)N=C(N)C[C@@H]12. The van der Waals surface area contributed by atoms with Crippen LogP contribution >= 0.6 is 0 Å². The Labute approximate surface area is 138 Å². The minimum atomic E-state index is -0.288. The molecule has 1 heterocycles. The number of aliphatic hydroxyl groups is 1. The third kappa shape index (κ3) is 1.93. The van der Waals surface area contributed by atoms with Gasteiger partial charge in [0.25, 0.3) is 0 Å². The maximum Gasteiger partial charge on any atom is 0.139 e. The first-order valence-electron chi connectivity index (χ1n) is 9.24. The monoisotopic (exact) mass is 318 g/mol. The maximum atomic E-state index is 13.3. The molecular formula is C19H30N2O2. The first-order valence-corrected chi connectivity index (χ1v) is 9.24. The number of ketones is 1. The van der Waals surface area contributed by atoms with E-state index in [1.807, 2.05) is 0 Å². The number of Topliss-reactive ketones (excluding diaryl/α,β-unsaturated/α-hetero) is 1. The summed E-state index contributed by atoms with van der Waals surface area (Å²) < 4.78 is 0. The molecule has 4 rings (SSSR count). The lowest BCUT2D eigenvalue weighted by Crippen LogP contribution is -2.63. The second kappa shape index (κ2) is 4.59. The average molecular weight is 318 g/mol. The number of fused-ring (bicyclic) bond motifs is 5. The highest BCUT2D eigenvalue weighted by Gasteiger charge is 2.66. The minimum absolute atomic E-state index is 0.00223. The molecule has 0 spiro atoms. The predicted molar refractivity (Wildman–Crippen MR) is 90.0 cm³/mol. The highest BCUT2D eigenvalue weighted by atomic mass is 16.3. The summed E-state index contributed by atoms with van der Waals surface area (Å²) in [6.45, 7) is 6.79. The highest BCUT2D eigenvalue weighted by molar-refractivity contribution is 5.90. The van der Waals surface area contributed by atoms with Crippen molar-refractivity contribution in [2.45, 2.75) is 77.4 Å². The van der Waals surface area contributed by atoms with Gasteiger partial charge in [0, 0.05) is 18.8 Å². The van der Waals surface area contributed by atoms with E-state index in [0.717, 1.165) is 44.4 Å². The third-order valence-electron chi connectivity index (χ3n) is 8.07. The normalized spacial score (nSPS) is 55.7. The number of nitrogens with two attached hydrogens (primary N) is 1. The van der Waals surface area contributed by atoms with E-state index in [2.05, 4.69) is 20.8 Å². The zero-order chi connectivity index (χ0) is 16.6. The van der Waals surface area contributed by atoms with Gasteiger partial charge >= 0.3 is 0 Å². The fraction of sp³-hybridized carbons (Fsp3) is 0.895. The van der Waals surface area contributed by atoms with E-state index in [1.165, 1.54) is 0 Å². The summed E-state index contributed by atoms with van der Waals surface area (Å²) in [6, 6.07) is 0. The Morgan fingerprint density at radius 1 is 1.17 bits per heavy atom. The number of aliphatic imine (C=N–C) groups is 1. The van der Waals surface area contributed by atoms with Crippen LogP contribution in [0.15, 0.2) is 4.99 Å². The lowest BCUT2D eigenvalue weighted by atomic mass is 9.40. The van der Waals surface area contributed by atoms with Crippen LogP contribution in [0, 0.1) is 28.6 Å². The first kappa shape index (κ1) is 15.6. The number of hydrogen-bond acceptors (Lipinski definition) is 4.